The first kappa shape index (κ1) is 24.7. The van der Waals surface area contributed by atoms with Gasteiger partial charge in [0.15, 0.2) is 17.8 Å². The van der Waals surface area contributed by atoms with Crippen molar-refractivity contribution in [3.8, 4) is 11.4 Å². The van der Waals surface area contributed by atoms with Gasteiger partial charge in [-0.3, -0.25) is 23.5 Å². The molecule has 0 fully saturated rings. The highest BCUT2D eigenvalue weighted by molar-refractivity contribution is 5.99. The molecule has 3 heterocycles. The Kier molecular flexibility index (Phi) is 6.65. The summed E-state index contributed by atoms with van der Waals surface area (Å²) < 4.78 is 16.1. The lowest BCUT2D eigenvalue weighted by Gasteiger charge is -2.11. The highest BCUT2D eigenvalue weighted by atomic mass is 16.5. The van der Waals surface area contributed by atoms with Crippen molar-refractivity contribution >= 4 is 22.9 Å². The molecule has 0 aliphatic heterocycles. The SMILES string of the molecule is CCOc1ccc(-n2c(C)cc(C(=O)COC(=O)Cn3cnc4c3c(=O)n(C)c(=O)n4C)c2C)cc1. The second kappa shape index (κ2) is 9.68. The number of ether oxygens (including phenoxy) is 2. The quantitative estimate of drug-likeness (QED) is 0.271. The number of fused-ring (bicyclic) bond motifs is 1. The lowest BCUT2D eigenvalue weighted by atomic mass is 10.1. The first-order chi connectivity index (χ1) is 17.1. The molecule has 0 amide bonds. The summed E-state index contributed by atoms with van der Waals surface area (Å²) in [4.78, 5) is 54.0. The molecule has 0 aliphatic rings. The first-order valence-corrected chi connectivity index (χ1v) is 11.4. The minimum Gasteiger partial charge on any atom is -0.494 e. The predicted molar refractivity (Wildman–Crippen MR) is 132 cm³/mol. The van der Waals surface area contributed by atoms with Crippen LogP contribution in [-0.2, 0) is 30.2 Å². The van der Waals surface area contributed by atoms with Gasteiger partial charge >= 0.3 is 11.7 Å². The number of rotatable bonds is 8. The zero-order valence-electron chi connectivity index (χ0n) is 20.8. The van der Waals surface area contributed by atoms with Crippen LogP contribution in [0.25, 0.3) is 16.9 Å². The van der Waals surface area contributed by atoms with Crippen LogP contribution in [-0.4, -0.2) is 48.2 Å². The molecule has 0 bridgehead atoms. The van der Waals surface area contributed by atoms with Crippen LogP contribution < -0.4 is 16.0 Å². The van der Waals surface area contributed by atoms with Crippen LogP contribution in [0.4, 0.5) is 0 Å². The first-order valence-electron chi connectivity index (χ1n) is 11.4. The van der Waals surface area contributed by atoms with Crippen molar-refractivity contribution in [2.24, 2.45) is 14.1 Å². The van der Waals surface area contributed by atoms with E-state index in [1.165, 1.54) is 29.6 Å². The van der Waals surface area contributed by atoms with E-state index < -0.39 is 23.8 Å². The highest BCUT2D eigenvalue weighted by Gasteiger charge is 2.20. The molecule has 0 unspecified atom stereocenters. The van der Waals surface area contributed by atoms with Crippen LogP contribution in [0, 0.1) is 13.8 Å². The van der Waals surface area contributed by atoms with Crippen LogP contribution in [0.15, 0.2) is 46.2 Å². The number of ketones is 1. The van der Waals surface area contributed by atoms with E-state index in [-0.39, 0.29) is 23.5 Å². The molecule has 188 valence electrons. The maximum atomic E-state index is 12.9. The standard InChI is InChI=1S/C25H27N5O6/c1-6-35-18-9-7-17(8-10-18)30-15(2)11-19(16(30)3)20(31)13-36-21(32)12-29-14-26-23-22(29)24(33)28(5)25(34)27(23)4/h7-11,14H,6,12-13H2,1-5H3. The number of aromatic nitrogens is 5. The summed E-state index contributed by atoms with van der Waals surface area (Å²) in [5, 5.41) is 0. The van der Waals surface area contributed by atoms with Gasteiger partial charge in [0, 0.05) is 36.7 Å². The number of carbonyl (C=O) groups excluding carboxylic acids is 2. The maximum absolute atomic E-state index is 12.9. The van der Waals surface area contributed by atoms with Crippen molar-refractivity contribution in [2.45, 2.75) is 27.3 Å². The number of esters is 1. The topological polar surface area (TPSA) is 119 Å². The molecule has 3 aromatic heterocycles. The normalized spacial score (nSPS) is 11.1. The molecule has 4 rings (SSSR count). The van der Waals surface area contributed by atoms with Gasteiger partial charge in [-0.25, -0.2) is 9.78 Å². The van der Waals surface area contributed by atoms with Gasteiger partial charge in [0.25, 0.3) is 5.56 Å². The van der Waals surface area contributed by atoms with Crippen molar-refractivity contribution in [1.82, 2.24) is 23.3 Å². The number of hydrogen-bond donors (Lipinski definition) is 0. The molecule has 0 aliphatic carbocycles. The number of benzene rings is 1. The van der Waals surface area contributed by atoms with E-state index in [4.69, 9.17) is 9.47 Å². The smallest absolute Gasteiger partial charge is 0.332 e. The Bertz CT molecular complexity index is 1590. The van der Waals surface area contributed by atoms with Crippen LogP contribution >= 0.6 is 0 Å². The molecule has 0 atom stereocenters. The van der Waals surface area contributed by atoms with Gasteiger partial charge < -0.3 is 18.6 Å². The molecule has 4 aromatic rings. The molecule has 0 saturated carbocycles. The van der Waals surface area contributed by atoms with Crippen molar-refractivity contribution in [3.05, 3.63) is 74.4 Å². The summed E-state index contributed by atoms with van der Waals surface area (Å²) in [5.41, 5.74) is 2.08. The van der Waals surface area contributed by atoms with E-state index in [2.05, 4.69) is 4.98 Å². The summed E-state index contributed by atoms with van der Waals surface area (Å²) in [5.74, 6) is -0.293. The van der Waals surface area contributed by atoms with Crippen LogP contribution in [0.5, 0.6) is 5.75 Å². The minimum atomic E-state index is -0.709. The van der Waals surface area contributed by atoms with Crippen LogP contribution in [0.1, 0.15) is 28.7 Å². The van der Waals surface area contributed by atoms with E-state index in [9.17, 15) is 19.2 Å². The Balaban J connectivity index is 1.48. The summed E-state index contributed by atoms with van der Waals surface area (Å²) >= 11 is 0. The fourth-order valence-electron chi connectivity index (χ4n) is 4.23. The molecular formula is C25H27N5O6. The molecule has 36 heavy (non-hydrogen) atoms. The van der Waals surface area contributed by atoms with Gasteiger partial charge in [0.2, 0.25) is 5.78 Å². The molecule has 0 radical (unpaired) electrons. The lowest BCUT2D eigenvalue weighted by molar-refractivity contribution is -0.143. The number of Topliss-reactive ketones (excluding diaryl/α,β-unsaturated/α-hetero) is 1. The Labute approximate surface area is 206 Å². The van der Waals surface area contributed by atoms with Crippen molar-refractivity contribution in [2.75, 3.05) is 13.2 Å². The second-order valence-corrected chi connectivity index (χ2v) is 8.38. The molecular weight excluding hydrogens is 466 g/mol. The van der Waals surface area contributed by atoms with Crippen molar-refractivity contribution in [3.63, 3.8) is 0 Å². The Morgan fingerprint density at radius 3 is 2.39 bits per heavy atom. The average molecular weight is 494 g/mol. The third-order valence-electron chi connectivity index (χ3n) is 6.02. The van der Waals surface area contributed by atoms with Crippen molar-refractivity contribution < 1.29 is 19.1 Å². The third-order valence-corrected chi connectivity index (χ3v) is 6.02. The molecule has 1 aromatic carbocycles. The number of carbonyl (C=O) groups is 2. The van der Waals surface area contributed by atoms with Gasteiger partial charge in [-0.1, -0.05) is 0 Å². The van der Waals surface area contributed by atoms with Crippen LogP contribution in [0.3, 0.4) is 0 Å². The lowest BCUT2D eigenvalue weighted by Crippen LogP contribution is -2.37. The highest BCUT2D eigenvalue weighted by Crippen LogP contribution is 2.23. The third kappa shape index (κ3) is 4.35. The largest absolute Gasteiger partial charge is 0.494 e. The Morgan fingerprint density at radius 2 is 1.72 bits per heavy atom. The van der Waals surface area contributed by atoms with Gasteiger partial charge in [0.05, 0.1) is 12.9 Å². The number of imidazole rings is 1. The second-order valence-electron chi connectivity index (χ2n) is 8.38. The zero-order valence-corrected chi connectivity index (χ0v) is 20.8. The van der Waals surface area contributed by atoms with E-state index >= 15 is 0 Å². The number of nitrogens with zero attached hydrogens (tertiary/aromatic N) is 5. The summed E-state index contributed by atoms with van der Waals surface area (Å²) in [7, 11) is 2.84. The summed E-state index contributed by atoms with van der Waals surface area (Å²) in [6, 6.07) is 9.32. The van der Waals surface area contributed by atoms with E-state index in [1.807, 2.05) is 49.6 Å². The molecule has 11 nitrogen and oxygen atoms in total. The summed E-state index contributed by atoms with van der Waals surface area (Å²) in [6.45, 7) is 5.44. The number of hydrogen-bond acceptors (Lipinski definition) is 7. The van der Waals surface area contributed by atoms with E-state index in [0.717, 1.165) is 27.4 Å². The Hall–Kier alpha value is -4.41. The van der Waals surface area contributed by atoms with Gasteiger partial charge in [-0.2, -0.15) is 0 Å². The fourth-order valence-corrected chi connectivity index (χ4v) is 4.23. The molecule has 11 heteroatoms. The molecule has 0 N–H and O–H groups in total. The van der Waals surface area contributed by atoms with Gasteiger partial charge in [-0.05, 0) is 51.1 Å². The number of aryl methyl sites for hydroxylation is 2. The van der Waals surface area contributed by atoms with Gasteiger partial charge in [0.1, 0.15) is 12.3 Å². The fraction of sp³-hybridized carbons (Fsp3) is 0.320. The summed E-state index contributed by atoms with van der Waals surface area (Å²) in [6.07, 6.45) is 1.29. The monoisotopic (exact) mass is 493 g/mol. The Morgan fingerprint density at radius 1 is 1.03 bits per heavy atom. The van der Waals surface area contributed by atoms with E-state index in [1.54, 1.807) is 6.07 Å². The van der Waals surface area contributed by atoms with Gasteiger partial charge in [-0.15, -0.1) is 0 Å². The molecule has 0 saturated heterocycles. The molecule has 0 spiro atoms. The van der Waals surface area contributed by atoms with Crippen LogP contribution in [0.2, 0.25) is 0 Å². The zero-order chi connectivity index (χ0) is 26.1. The minimum absolute atomic E-state index is 0.0989. The maximum Gasteiger partial charge on any atom is 0.332 e. The van der Waals surface area contributed by atoms with E-state index in [0.29, 0.717) is 12.2 Å². The average Bonchev–Trinajstić information content (AvgIpc) is 3.41. The van der Waals surface area contributed by atoms with Crippen molar-refractivity contribution in [1.29, 1.82) is 0 Å². The predicted octanol–water partition coefficient (Wildman–Crippen LogP) is 1.67.